The van der Waals surface area contributed by atoms with Gasteiger partial charge in [0, 0.05) is 31.0 Å². The predicted molar refractivity (Wildman–Crippen MR) is 76.2 cm³/mol. The van der Waals surface area contributed by atoms with E-state index in [1.165, 1.54) is 0 Å². The number of imidazole rings is 1. The van der Waals surface area contributed by atoms with E-state index in [-0.39, 0.29) is 5.91 Å². The molecule has 0 aliphatic heterocycles. The second kappa shape index (κ2) is 5.52. The molecule has 0 unspecified atom stereocenters. The van der Waals surface area contributed by atoms with Gasteiger partial charge in [0.1, 0.15) is 5.65 Å². The zero-order valence-electron chi connectivity index (χ0n) is 11.0. The van der Waals surface area contributed by atoms with Crippen molar-refractivity contribution in [3.05, 3.63) is 61.1 Å². The van der Waals surface area contributed by atoms with Crippen molar-refractivity contribution < 1.29 is 4.79 Å². The van der Waals surface area contributed by atoms with Crippen molar-refractivity contribution in [1.82, 2.24) is 14.3 Å². The average Bonchev–Trinajstić information content (AvgIpc) is 2.76. The molecule has 0 N–H and O–H groups in total. The van der Waals surface area contributed by atoms with Gasteiger partial charge < -0.3 is 9.30 Å². The topological polar surface area (TPSA) is 37.6 Å². The molecule has 4 heteroatoms. The van der Waals surface area contributed by atoms with Gasteiger partial charge in [-0.2, -0.15) is 0 Å². The van der Waals surface area contributed by atoms with E-state index in [0.29, 0.717) is 18.7 Å². The summed E-state index contributed by atoms with van der Waals surface area (Å²) in [7, 11) is 0. The second-order valence-electron chi connectivity index (χ2n) is 4.35. The van der Waals surface area contributed by atoms with Crippen LogP contribution in [0.25, 0.3) is 5.65 Å². The molecule has 2 aromatic rings. The number of carbonyl (C=O) groups excluding carboxylic acids is 1. The Morgan fingerprint density at radius 3 is 2.74 bits per heavy atom. The number of aromatic nitrogens is 2. The third-order valence-corrected chi connectivity index (χ3v) is 2.81. The summed E-state index contributed by atoms with van der Waals surface area (Å²) in [5.74, 6) is -0.0389. The zero-order valence-corrected chi connectivity index (χ0v) is 11.0. The van der Waals surface area contributed by atoms with Crippen molar-refractivity contribution in [1.29, 1.82) is 0 Å². The van der Waals surface area contributed by atoms with Crippen LogP contribution in [0, 0.1) is 6.92 Å². The Balaban J connectivity index is 2.33. The number of amides is 1. The Bertz CT molecular complexity index is 617. The molecule has 1 amide bonds. The quantitative estimate of drug-likeness (QED) is 0.770. The molecule has 0 spiro atoms. The third kappa shape index (κ3) is 2.73. The first-order valence-corrected chi connectivity index (χ1v) is 6.12. The van der Waals surface area contributed by atoms with Crippen LogP contribution in [0.3, 0.4) is 0 Å². The van der Waals surface area contributed by atoms with E-state index in [9.17, 15) is 4.79 Å². The van der Waals surface area contributed by atoms with Gasteiger partial charge in [-0.05, 0) is 19.1 Å². The number of carbonyl (C=O) groups is 1. The maximum absolute atomic E-state index is 12.4. The summed E-state index contributed by atoms with van der Waals surface area (Å²) >= 11 is 0. The van der Waals surface area contributed by atoms with E-state index < -0.39 is 0 Å². The van der Waals surface area contributed by atoms with Gasteiger partial charge in [0.15, 0.2) is 0 Å². The SMILES string of the molecule is C=CCN(CC=C)C(=O)c1ccn2cc(C)nc2c1. The number of pyridine rings is 1. The van der Waals surface area contributed by atoms with Crippen LogP contribution in [0.2, 0.25) is 0 Å². The van der Waals surface area contributed by atoms with Crippen LogP contribution < -0.4 is 0 Å². The average molecular weight is 255 g/mol. The van der Waals surface area contributed by atoms with Crippen molar-refractivity contribution in [3.8, 4) is 0 Å². The summed E-state index contributed by atoms with van der Waals surface area (Å²) in [6, 6.07) is 3.60. The van der Waals surface area contributed by atoms with E-state index in [0.717, 1.165) is 11.3 Å². The fourth-order valence-electron chi connectivity index (χ4n) is 1.98. The number of hydrogen-bond donors (Lipinski definition) is 0. The third-order valence-electron chi connectivity index (χ3n) is 2.81. The van der Waals surface area contributed by atoms with Crippen LogP contribution in [0.4, 0.5) is 0 Å². The first-order chi connectivity index (χ1) is 9.15. The van der Waals surface area contributed by atoms with Crippen LogP contribution in [0.1, 0.15) is 16.1 Å². The molecule has 98 valence electrons. The van der Waals surface area contributed by atoms with Crippen molar-refractivity contribution >= 4 is 11.6 Å². The Morgan fingerprint density at radius 2 is 2.11 bits per heavy atom. The summed E-state index contributed by atoms with van der Waals surface area (Å²) in [6.07, 6.45) is 7.19. The number of rotatable bonds is 5. The molecule has 0 aromatic carbocycles. The van der Waals surface area contributed by atoms with Gasteiger partial charge in [-0.25, -0.2) is 4.98 Å². The molecule has 2 rings (SSSR count). The number of fused-ring (bicyclic) bond motifs is 1. The van der Waals surface area contributed by atoms with Crippen LogP contribution in [-0.4, -0.2) is 33.3 Å². The molecule has 0 saturated heterocycles. The Hall–Kier alpha value is -2.36. The van der Waals surface area contributed by atoms with E-state index in [2.05, 4.69) is 18.1 Å². The van der Waals surface area contributed by atoms with Gasteiger partial charge in [-0.15, -0.1) is 13.2 Å². The minimum Gasteiger partial charge on any atom is -0.331 e. The molecule has 0 fully saturated rings. The molecule has 0 bridgehead atoms. The van der Waals surface area contributed by atoms with Crippen molar-refractivity contribution in [2.24, 2.45) is 0 Å². The molecule has 0 atom stereocenters. The highest BCUT2D eigenvalue weighted by atomic mass is 16.2. The first-order valence-electron chi connectivity index (χ1n) is 6.12. The predicted octanol–water partition coefficient (Wildman–Crippen LogP) is 2.46. The van der Waals surface area contributed by atoms with Crippen molar-refractivity contribution in [2.75, 3.05) is 13.1 Å². The van der Waals surface area contributed by atoms with Crippen LogP contribution in [0.15, 0.2) is 49.8 Å². The minimum atomic E-state index is -0.0389. The molecule has 0 radical (unpaired) electrons. The van der Waals surface area contributed by atoms with Crippen molar-refractivity contribution in [2.45, 2.75) is 6.92 Å². The van der Waals surface area contributed by atoms with Crippen LogP contribution in [-0.2, 0) is 0 Å². The van der Waals surface area contributed by atoms with E-state index in [4.69, 9.17) is 0 Å². The largest absolute Gasteiger partial charge is 0.331 e. The summed E-state index contributed by atoms with van der Waals surface area (Å²) < 4.78 is 1.90. The fourth-order valence-corrected chi connectivity index (χ4v) is 1.98. The smallest absolute Gasteiger partial charge is 0.254 e. The summed E-state index contributed by atoms with van der Waals surface area (Å²) in [6.45, 7) is 10.3. The zero-order chi connectivity index (χ0) is 13.8. The Labute approximate surface area is 112 Å². The molecule has 4 nitrogen and oxygen atoms in total. The van der Waals surface area contributed by atoms with Gasteiger partial charge in [-0.1, -0.05) is 12.2 Å². The molecular formula is C15H17N3O. The van der Waals surface area contributed by atoms with E-state index >= 15 is 0 Å². The maximum atomic E-state index is 12.4. The van der Waals surface area contributed by atoms with Gasteiger partial charge >= 0.3 is 0 Å². The number of aryl methyl sites for hydroxylation is 1. The van der Waals surface area contributed by atoms with E-state index in [1.807, 2.05) is 23.7 Å². The van der Waals surface area contributed by atoms with Gasteiger partial charge in [0.25, 0.3) is 5.91 Å². The van der Waals surface area contributed by atoms with Crippen LogP contribution in [0.5, 0.6) is 0 Å². The summed E-state index contributed by atoms with van der Waals surface area (Å²) in [4.78, 5) is 18.4. The van der Waals surface area contributed by atoms with Crippen molar-refractivity contribution in [3.63, 3.8) is 0 Å². The molecule has 0 saturated carbocycles. The lowest BCUT2D eigenvalue weighted by Gasteiger charge is -2.19. The lowest BCUT2D eigenvalue weighted by atomic mass is 10.2. The highest BCUT2D eigenvalue weighted by molar-refractivity contribution is 5.95. The Kier molecular flexibility index (Phi) is 3.80. The normalized spacial score (nSPS) is 10.4. The fraction of sp³-hybridized carbons (Fsp3) is 0.200. The summed E-state index contributed by atoms with van der Waals surface area (Å²) in [5.41, 5.74) is 2.33. The molecular weight excluding hydrogens is 238 g/mol. The lowest BCUT2D eigenvalue weighted by Crippen LogP contribution is -2.31. The molecule has 0 aliphatic carbocycles. The van der Waals surface area contributed by atoms with Crippen LogP contribution >= 0.6 is 0 Å². The number of hydrogen-bond acceptors (Lipinski definition) is 2. The lowest BCUT2D eigenvalue weighted by molar-refractivity contribution is 0.0791. The molecule has 19 heavy (non-hydrogen) atoms. The van der Waals surface area contributed by atoms with E-state index in [1.54, 1.807) is 29.2 Å². The highest BCUT2D eigenvalue weighted by Gasteiger charge is 2.14. The second-order valence-corrected chi connectivity index (χ2v) is 4.35. The summed E-state index contributed by atoms with van der Waals surface area (Å²) in [5, 5.41) is 0. The first kappa shape index (κ1) is 13.1. The maximum Gasteiger partial charge on any atom is 0.254 e. The van der Waals surface area contributed by atoms with Gasteiger partial charge in [-0.3, -0.25) is 4.79 Å². The molecule has 2 aromatic heterocycles. The van der Waals surface area contributed by atoms with Gasteiger partial charge in [0.2, 0.25) is 0 Å². The molecule has 2 heterocycles. The monoisotopic (exact) mass is 255 g/mol. The minimum absolute atomic E-state index is 0.0389. The van der Waals surface area contributed by atoms with Gasteiger partial charge in [0.05, 0.1) is 5.69 Å². The Morgan fingerprint density at radius 1 is 1.42 bits per heavy atom. The highest BCUT2D eigenvalue weighted by Crippen LogP contribution is 2.10. The standard InChI is InChI=1S/C15H17N3O/c1-4-7-17(8-5-2)15(19)13-6-9-18-11-12(3)16-14(18)10-13/h4-6,9-11H,1-2,7-8H2,3H3. The molecule has 0 aliphatic rings. The number of nitrogens with zero attached hydrogens (tertiary/aromatic N) is 3.